The largest absolute Gasteiger partial charge is 0.485 e. The lowest BCUT2D eigenvalue weighted by molar-refractivity contribution is -0.444. The highest BCUT2D eigenvalue weighted by Gasteiger charge is 2.52. The first-order chi connectivity index (χ1) is 17.9. The molecule has 9 nitrogen and oxygen atoms in total. The summed E-state index contributed by atoms with van der Waals surface area (Å²) in [5.74, 6) is 0.970. The maximum atomic E-state index is 11.6. The molecule has 1 atom stereocenters. The van der Waals surface area contributed by atoms with Crippen molar-refractivity contribution in [1.29, 1.82) is 0 Å². The van der Waals surface area contributed by atoms with E-state index in [1.54, 1.807) is 6.92 Å². The van der Waals surface area contributed by atoms with E-state index in [4.69, 9.17) is 14.5 Å². The van der Waals surface area contributed by atoms with E-state index in [9.17, 15) is 9.36 Å². The Balaban J connectivity index is 1.38. The van der Waals surface area contributed by atoms with Crippen LogP contribution in [-0.2, 0) is 25.8 Å². The van der Waals surface area contributed by atoms with Gasteiger partial charge in [-0.3, -0.25) is 9.32 Å². The molecule has 0 bridgehead atoms. The first kappa shape index (κ1) is 26.8. The van der Waals surface area contributed by atoms with Crippen LogP contribution in [0.4, 0.5) is 11.4 Å². The molecule has 3 aliphatic heterocycles. The standard InChI is InChI=1S/C28H34N3O6P/c1-18(32)17-30(4)21-7-6-20-14-22-25(37-26(20)15-21)9-11-31-24-8-5-19(13-23(24)28(2,3)27(22)31)16-29-10-12-36-38(33,34)35/h5-8,13-15,25,29H,9-12,16-17H2,1-4H3,(H-,33,34,35)/p+1. The molecule has 0 amide bonds. The predicted octanol–water partition coefficient (Wildman–Crippen LogP) is 3.54. The summed E-state index contributed by atoms with van der Waals surface area (Å²) in [5, 5.41) is 3.19. The molecule has 0 spiro atoms. The normalized spacial score (nSPS) is 19.1. The van der Waals surface area contributed by atoms with Crippen molar-refractivity contribution in [3.8, 4) is 5.75 Å². The fourth-order valence-electron chi connectivity index (χ4n) is 5.80. The Hall–Kier alpha value is -2.81. The SMILES string of the molecule is CC(=O)CN(C)c1ccc2c(c1)OC1CC[N+]3=C(C1=C2)C(C)(C)c1cc(CNCCOP(=O)(O)O)ccc13. The molecule has 0 aromatic heterocycles. The van der Waals surface area contributed by atoms with Gasteiger partial charge in [-0.05, 0) is 50.6 Å². The van der Waals surface area contributed by atoms with Gasteiger partial charge in [0.15, 0.2) is 12.3 Å². The lowest BCUT2D eigenvalue weighted by Crippen LogP contribution is -2.42. The average Bonchev–Trinajstić information content (AvgIpc) is 3.07. The zero-order valence-corrected chi connectivity index (χ0v) is 23.1. The average molecular weight is 541 g/mol. The van der Waals surface area contributed by atoms with Crippen LogP contribution in [0.1, 0.15) is 43.9 Å². The van der Waals surface area contributed by atoms with Gasteiger partial charge in [-0.1, -0.05) is 6.07 Å². The number of phosphoric acid groups is 1. The Morgan fingerprint density at radius 1 is 1.26 bits per heavy atom. The minimum absolute atomic E-state index is 0.0224. The fraction of sp³-hybridized carbons (Fsp3) is 0.429. The first-order valence-corrected chi connectivity index (χ1v) is 14.4. The molecule has 5 rings (SSSR count). The van der Waals surface area contributed by atoms with Gasteiger partial charge in [-0.25, -0.2) is 4.57 Å². The molecule has 10 heteroatoms. The highest BCUT2D eigenvalue weighted by Crippen LogP contribution is 2.47. The number of carbonyl (C=O) groups excluding carboxylic acids is 1. The number of anilines is 1. The number of ketones is 1. The van der Waals surface area contributed by atoms with Crippen molar-refractivity contribution >= 4 is 36.8 Å². The van der Waals surface area contributed by atoms with E-state index in [-0.39, 0.29) is 23.9 Å². The van der Waals surface area contributed by atoms with Crippen LogP contribution < -0.4 is 15.0 Å². The summed E-state index contributed by atoms with van der Waals surface area (Å²) in [7, 11) is -2.53. The highest BCUT2D eigenvalue weighted by atomic mass is 31.2. The molecule has 0 radical (unpaired) electrons. The van der Waals surface area contributed by atoms with E-state index in [0.717, 1.165) is 35.5 Å². The van der Waals surface area contributed by atoms with Gasteiger partial charge in [0, 0.05) is 55.5 Å². The van der Waals surface area contributed by atoms with Crippen molar-refractivity contribution in [2.45, 2.75) is 45.3 Å². The summed E-state index contributed by atoms with van der Waals surface area (Å²) in [6.45, 7) is 8.19. The van der Waals surface area contributed by atoms with Gasteiger partial charge in [0.25, 0.3) is 0 Å². The molecule has 3 N–H and O–H groups in total. The molecule has 202 valence electrons. The summed E-state index contributed by atoms with van der Waals surface area (Å²) in [5.41, 5.74) is 7.84. The van der Waals surface area contributed by atoms with Crippen molar-refractivity contribution in [2.24, 2.45) is 0 Å². The van der Waals surface area contributed by atoms with Crippen LogP contribution in [0.5, 0.6) is 5.75 Å². The van der Waals surface area contributed by atoms with E-state index >= 15 is 0 Å². The first-order valence-electron chi connectivity index (χ1n) is 12.9. The van der Waals surface area contributed by atoms with Crippen LogP contribution in [-0.4, -0.2) is 65.3 Å². The summed E-state index contributed by atoms with van der Waals surface area (Å²) >= 11 is 0. The maximum Gasteiger partial charge on any atom is 0.469 e. The van der Waals surface area contributed by atoms with Gasteiger partial charge in [0.2, 0.25) is 5.69 Å². The second-order valence-electron chi connectivity index (χ2n) is 10.8. The zero-order valence-electron chi connectivity index (χ0n) is 22.2. The molecule has 3 aliphatic rings. The molecule has 0 saturated heterocycles. The molecular formula is C28H35N3O6P+. The van der Waals surface area contributed by atoms with Crippen LogP contribution in [0, 0.1) is 0 Å². The number of rotatable bonds is 9. The number of nitrogens with one attached hydrogen (secondary N) is 1. The van der Waals surface area contributed by atoms with Gasteiger partial charge in [0.1, 0.15) is 17.6 Å². The van der Waals surface area contributed by atoms with Gasteiger partial charge < -0.3 is 24.7 Å². The molecule has 0 fully saturated rings. The predicted molar refractivity (Wildman–Crippen MR) is 146 cm³/mol. The maximum absolute atomic E-state index is 11.6. The molecule has 3 heterocycles. The minimum Gasteiger partial charge on any atom is -0.485 e. The van der Waals surface area contributed by atoms with E-state index in [0.29, 0.717) is 19.6 Å². The number of ether oxygens (including phenoxy) is 1. The van der Waals surface area contributed by atoms with Gasteiger partial charge in [-0.15, -0.1) is 0 Å². The molecule has 2 aromatic rings. The monoisotopic (exact) mass is 540 g/mol. The minimum atomic E-state index is -4.44. The number of hydrogen-bond acceptors (Lipinski definition) is 6. The third kappa shape index (κ3) is 5.22. The molecule has 0 saturated carbocycles. The molecule has 1 unspecified atom stereocenters. The summed E-state index contributed by atoms with van der Waals surface area (Å²) in [4.78, 5) is 31.2. The van der Waals surface area contributed by atoms with Gasteiger partial charge in [-0.2, -0.15) is 4.58 Å². The zero-order chi connectivity index (χ0) is 27.2. The van der Waals surface area contributed by atoms with Crippen molar-refractivity contribution < 1.29 is 33.0 Å². The van der Waals surface area contributed by atoms with E-state index in [2.05, 4.69) is 58.6 Å². The number of benzene rings is 2. The molecular weight excluding hydrogens is 505 g/mol. The van der Waals surface area contributed by atoms with Crippen molar-refractivity contribution in [2.75, 3.05) is 38.2 Å². The number of carbonyl (C=O) groups is 1. The Morgan fingerprint density at radius 3 is 2.79 bits per heavy atom. The number of hydrogen-bond donors (Lipinski definition) is 3. The Labute approximate surface area is 223 Å². The smallest absolute Gasteiger partial charge is 0.469 e. The molecule has 38 heavy (non-hydrogen) atoms. The lowest BCUT2D eigenvalue weighted by atomic mass is 9.75. The number of phosphoric ester groups is 1. The molecule has 2 aromatic carbocycles. The van der Waals surface area contributed by atoms with Crippen LogP contribution in [0.25, 0.3) is 6.08 Å². The lowest BCUT2D eigenvalue weighted by Gasteiger charge is -2.32. The third-order valence-electron chi connectivity index (χ3n) is 7.47. The Kier molecular flexibility index (Phi) is 7.09. The fourth-order valence-corrected chi connectivity index (χ4v) is 6.13. The molecule has 0 aliphatic carbocycles. The second-order valence-corrected chi connectivity index (χ2v) is 12.0. The van der Waals surface area contributed by atoms with E-state index in [1.165, 1.54) is 22.5 Å². The topological polar surface area (TPSA) is 111 Å². The van der Waals surface area contributed by atoms with Crippen LogP contribution in [0.3, 0.4) is 0 Å². The summed E-state index contributed by atoms with van der Waals surface area (Å²) in [6.07, 6.45) is 3.11. The quantitative estimate of drug-likeness (QED) is 0.252. The Morgan fingerprint density at radius 2 is 2.05 bits per heavy atom. The van der Waals surface area contributed by atoms with E-state index < -0.39 is 7.82 Å². The third-order valence-corrected chi connectivity index (χ3v) is 7.99. The number of nitrogens with zero attached hydrogens (tertiary/aromatic N) is 2. The highest BCUT2D eigenvalue weighted by molar-refractivity contribution is 7.46. The van der Waals surface area contributed by atoms with Crippen LogP contribution in [0.2, 0.25) is 0 Å². The van der Waals surface area contributed by atoms with Crippen molar-refractivity contribution in [3.63, 3.8) is 0 Å². The van der Waals surface area contributed by atoms with Crippen LogP contribution >= 0.6 is 7.82 Å². The van der Waals surface area contributed by atoms with Crippen molar-refractivity contribution in [3.05, 3.63) is 58.7 Å². The second kappa shape index (κ2) is 10.1. The summed E-state index contributed by atoms with van der Waals surface area (Å²) in [6, 6.07) is 12.6. The summed E-state index contributed by atoms with van der Waals surface area (Å²) < 4.78 is 24.3. The van der Waals surface area contributed by atoms with Crippen LogP contribution in [0.15, 0.2) is 42.0 Å². The number of fused-ring (bicyclic) bond motifs is 5. The van der Waals surface area contributed by atoms with E-state index in [1.807, 2.05) is 24.1 Å². The van der Waals surface area contributed by atoms with Gasteiger partial charge >= 0.3 is 7.82 Å². The Bertz CT molecular complexity index is 1390. The van der Waals surface area contributed by atoms with Crippen molar-refractivity contribution in [1.82, 2.24) is 5.32 Å². The van der Waals surface area contributed by atoms with Gasteiger partial charge in [0.05, 0.1) is 24.1 Å². The number of likely N-dealkylation sites (N-methyl/N-ethyl adjacent to an activating group) is 1. The number of Topliss-reactive ketones (excluding diaryl/α,β-unsaturated/α-hetero) is 1.